The number of anilines is 1. The molecule has 1 aromatic carbocycles. The molecule has 1 atom stereocenters. The number of nitrogens with one attached hydrogen (secondary N) is 2. The summed E-state index contributed by atoms with van der Waals surface area (Å²) in [5.41, 5.74) is 1.11. The van der Waals surface area contributed by atoms with E-state index in [1.165, 1.54) is 6.07 Å². The van der Waals surface area contributed by atoms with Gasteiger partial charge in [0.25, 0.3) is 0 Å². The van der Waals surface area contributed by atoms with E-state index in [0.29, 0.717) is 16.7 Å². The van der Waals surface area contributed by atoms with E-state index in [1.807, 2.05) is 0 Å². The van der Waals surface area contributed by atoms with Gasteiger partial charge in [0.1, 0.15) is 11.2 Å². The number of fused-ring (bicyclic) bond motifs is 1. The maximum atomic E-state index is 10.7. The van der Waals surface area contributed by atoms with Crippen LogP contribution in [-0.2, 0) is 4.57 Å². The fraction of sp³-hybridized carbons (Fsp3) is 0. The third kappa shape index (κ3) is 1.86. The number of imidazole rings is 1. The lowest BCUT2D eigenvalue weighted by molar-refractivity contribution is 0.0685. The van der Waals surface area contributed by atoms with Gasteiger partial charge in [-0.3, -0.25) is 0 Å². The van der Waals surface area contributed by atoms with Crippen LogP contribution in [0.1, 0.15) is 10.6 Å². The molecule has 0 fully saturated rings. The normalized spacial score (nSPS) is 11.4. The van der Waals surface area contributed by atoms with E-state index in [-0.39, 0.29) is 5.82 Å². The Morgan fingerprint density at radius 3 is 2.88 bits per heavy atom. The summed E-state index contributed by atoms with van der Waals surface area (Å²) in [6, 6.07) is 4.79. The van der Waals surface area contributed by atoms with Gasteiger partial charge < -0.3 is 10.1 Å². The molecule has 1 aromatic heterocycles. The lowest BCUT2D eigenvalue weighted by Gasteiger charge is -1.93. The van der Waals surface area contributed by atoms with Gasteiger partial charge in [0.15, 0.2) is 0 Å². The molecule has 1 unspecified atom stereocenters. The number of H-pyrrole nitrogens is 1. The summed E-state index contributed by atoms with van der Waals surface area (Å²) in [5.74, 6) is -1.40. The lowest BCUT2D eigenvalue weighted by Crippen LogP contribution is -1.98. The molecule has 0 aliphatic heterocycles. The standard InChI is InChI=1S/C8H6N3O4P/c12-8(13)7-9-4-2-1-3-5(6(4)10-7)11-16(14)15/h1-3H,(H3-,9,10,11,12,13,14,15)/p+1. The van der Waals surface area contributed by atoms with Crippen molar-refractivity contribution in [2.24, 2.45) is 0 Å². The number of carboxylic acids is 1. The van der Waals surface area contributed by atoms with Crippen molar-refractivity contribution in [2.45, 2.75) is 0 Å². The molecular formula is C8H7N3O4P+. The molecular weight excluding hydrogens is 233 g/mol. The zero-order valence-electron chi connectivity index (χ0n) is 7.84. The van der Waals surface area contributed by atoms with Gasteiger partial charge in [-0.1, -0.05) is 6.07 Å². The van der Waals surface area contributed by atoms with Crippen LogP contribution in [0.5, 0.6) is 0 Å². The highest BCUT2D eigenvalue weighted by atomic mass is 31.1. The molecule has 2 rings (SSSR count). The number of hydrogen-bond acceptors (Lipinski definition) is 3. The summed E-state index contributed by atoms with van der Waals surface area (Å²) >= 11 is 0. The Bertz CT molecular complexity index is 580. The first kappa shape index (κ1) is 10.5. The van der Waals surface area contributed by atoms with Gasteiger partial charge in [-0.15, -0.1) is 9.98 Å². The van der Waals surface area contributed by atoms with Gasteiger partial charge in [0.05, 0.1) is 5.52 Å². The Balaban J connectivity index is 2.58. The molecule has 0 aliphatic carbocycles. The molecule has 8 heteroatoms. The number of carboxylic acid groups (broad SMARTS) is 1. The maximum Gasteiger partial charge on any atom is 0.640 e. The van der Waals surface area contributed by atoms with Gasteiger partial charge >= 0.3 is 14.1 Å². The van der Waals surface area contributed by atoms with Crippen LogP contribution in [0, 0.1) is 0 Å². The predicted octanol–water partition coefficient (Wildman–Crippen LogP) is 1.32. The fourth-order valence-corrected chi connectivity index (χ4v) is 1.71. The minimum Gasteiger partial charge on any atom is -0.475 e. The van der Waals surface area contributed by atoms with Crippen LogP contribution in [0.4, 0.5) is 5.69 Å². The van der Waals surface area contributed by atoms with E-state index in [1.54, 1.807) is 12.1 Å². The zero-order valence-corrected chi connectivity index (χ0v) is 8.73. The van der Waals surface area contributed by atoms with E-state index in [4.69, 9.17) is 10.00 Å². The number of aromatic nitrogens is 2. The number of aromatic carboxylic acids is 1. The third-order valence-electron chi connectivity index (χ3n) is 1.93. The van der Waals surface area contributed by atoms with E-state index >= 15 is 0 Å². The van der Waals surface area contributed by atoms with Gasteiger partial charge in [-0.05, 0) is 16.7 Å². The fourth-order valence-electron chi connectivity index (χ4n) is 1.33. The van der Waals surface area contributed by atoms with Crippen molar-refractivity contribution in [1.82, 2.24) is 9.97 Å². The van der Waals surface area contributed by atoms with Crippen LogP contribution in [-0.4, -0.2) is 25.9 Å². The summed E-state index contributed by atoms with van der Waals surface area (Å²) < 4.78 is 10.6. The maximum absolute atomic E-state index is 10.7. The van der Waals surface area contributed by atoms with Crippen LogP contribution in [0.15, 0.2) is 18.2 Å². The van der Waals surface area contributed by atoms with E-state index in [0.717, 1.165) is 0 Å². The van der Waals surface area contributed by atoms with Gasteiger partial charge in [-0.25, -0.2) is 9.78 Å². The van der Waals surface area contributed by atoms with Crippen molar-refractivity contribution >= 4 is 30.9 Å². The smallest absolute Gasteiger partial charge is 0.475 e. The summed E-state index contributed by atoms with van der Waals surface area (Å²) in [6.45, 7) is 0. The molecule has 0 bridgehead atoms. The van der Waals surface area contributed by atoms with Gasteiger partial charge in [0.2, 0.25) is 5.82 Å². The quantitative estimate of drug-likeness (QED) is 0.601. The minimum atomic E-state index is -2.56. The summed E-state index contributed by atoms with van der Waals surface area (Å²) in [7, 11) is -2.56. The monoisotopic (exact) mass is 240 g/mol. The average Bonchev–Trinajstić information content (AvgIpc) is 2.61. The zero-order chi connectivity index (χ0) is 11.7. The molecule has 0 aliphatic rings. The first-order valence-corrected chi connectivity index (χ1v) is 5.44. The topological polar surface area (TPSA) is 115 Å². The minimum absolute atomic E-state index is 0.211. The average molecular weight is 240 g/mol. The Morgan fingerprint density at radius 1 is 1.50 bits per heavy atom. The second-order valence-corrected chi connectivity index (χ2v) is 3.75. The second-order valence-electron chi connectivity index (χ2n) is 2.98. The number of aromatic amines is 1. The third-order valence-corrected chi connectivity index (χ3v) is 2.36. The van der Waals surface area contributed by atoms with Crippen molar-refractivity contribution in [3.63, 3.8) is 0 Å². The van der Waals surface area contributed by atoms with Crippen LogP contribution in [0.3, 0.4) is 0 Å². The van der Waals surface area contributed by atoms with E-state index in [9.17, 15) is 9.36 Å². The van der Waals surface area contributed by atoms with E-state index in [2.05, 4.69) is 15.1 Å². The molecule has 0 amide bonds. The van der Waals surface area contributed by atoms with Crippen LogP contribution in [0.2, 0.25) is 0 Å². The molecule has 4 N–H and O–H groups in total. The highest BCUT2D eigenvalue weighted by Gasteiger charge is 2.17. The number of benzene rings is 1. The Hall–Kier alpha value is -1.98. The molecule has 2 aromatic rings. The van der Waals surface area contributed by atoms with Gasteiger partial charge in [-0.2, -0.15) is 0 Å². The highest BCUT2D eigenvalue weighted by Crippen LogP contribution is 2.26. The molecule has 0 radical (unpaired) electrons. The SMILES string of the molecule is O=C(O)c1nc2c(N[P+](=O)O)cccc2[nH]1. The summed E-state index contributed by atoms with van der Waals surface area (Å²) in [6.07, 6.45) is 0. The van der Waals surface area contributed by atoms with Crippen molar-refractivity contribution in [3.8, 4) is 0 Å². The molecule has 0 saturated carbocycles. The Labute approximate surface area is 90.1 Å². The van der Waals surface area contributed by atoms with Gasteiger partial charge in [0, 0.05) is 0 Å². The van der Waals surface area contributed by atoms with Crippen LogP contribution >= 0.6 is 8.18 Å². The number of para-hydroxylation sites is 1. The molecule has 7 nitrogen and oxygen atoms in total. The van der Waals surface area contributed by atoms with Crippen molar-refractivity contribution in [2.75, 3.05) is 5.09 Å². The van der Waals surface area contributed by atoms with E-state index < -0.39 is 14.1 Å². The predicted molar refractivity (Wildman–Crippen MR) is 56.5 cm³/mol. The summed E-state index contributed by atoms with van der Waals surface area (Å²) in [4.78, 5) is 25.8. The molecule has 82 valence electrons. The second kappa shape index (κ2) is 3.88. The number of carbonyl (C=O) groups is 1. The van der Waals surface area contributed by atoms with Crippen molar-refractivity contribution in [1.29, 1.82) is 0 Å². The van der Waals surface area contributed by atoms with Crippen LogP contribution < -0.4 is 5.09 Å². The number of nitrogens with zero attached hydrogens (tertiary/aromatic N) is 1. The highest BCUT2D eigenvalue weighted by molar-refractivity contribution is 7.39. The molecule has 0 spiro atoms. The summed E-state index contributed by atoms with van der Waals surface area (Å²) in [5, 5.41) is 11.0. The van der Waals surface area contributed by atoms with Crippen LogP contribution in [0.25, 0.3) is 11.0 Å². The number of hydrogen-bond donors (Lipinski definition) is 4. The Morgan fingerprint density at radius 2 is 2.25 bits per heavy atom. The lowest BCUT2D eigenvalue weighted by atomic mass is 10.3. The first-order valence-electron chi connectivity index (χ1n) is 4.23. The van der Waals surface area contributed by atoms with Crippen molar-refractivity contribution in [3.05, 3.63) is 24.0 Å². The van der Waals surface area contributed by atoms with Crippen molar-refractivity contribution < 1.29 is 19.4 Å². The molecule has 0 saturated heterocycles. The first-order chi connectivity index (χ1) is 7.58. The molecule has 1 heterocycles. The Kier molecular flexibility index (Phi) is 2.55. The molecule has 16 heavy (non-hydrogen) atoms. The largest absolute Gasteiger partial charge is 0.640 e. The number of rotatable bonds is 3.